The molecule has 0 aliphatic heterocycles. The molecule has 8 nitrogen and oxygen atoms in total. The van der Waals surface area contributed by atoms with Gasteiger partial charge in [0, 0.05) is 12.4 Å². The number of carbonyl (C=O) groups is 2. The number of aliphatic hydroxyl groups is 2. The van der Waals surface area contributed by atoms with Crippen molar-refractivity contribution in [2.45, 2.75) is 131 Å². The summed E-state index contributed by atoms with van der Waals surface area (Å²) in [5.74, 6) is -1.59. The summed E-state index contributed by atoms with van der Waals surface area (Å²) in [6.45, 7) is 15.1. The number of allylic oxidation sites excluding steroid dienone is 2. The summed E-state index contributed by atoms with van der Waals surface area (Å²) in [7, 11) is 0. The third-order valence-electron chi connectivity index (χ3n) is 9.47. The Bertz CT molecular complexity index is 1460. The Kier molecular flexibility index (Phi) is 12.4. The first kappa shape index (κ1) is 36.6. The van der Waals surface area contributed by atoms with Crippen molar-refractivity contribution in [3.8, 4) is 0 Å². The van der Waals surface area contributed by atoms with Crippen LogP contribution in [0, 0.1) is 41.5 Å². The van der Waals surface area contributed by atoms with E-state index in [1.54, 1.807) is 0 Å². The normalized spacial score (nSPS) is 18.2. The molecule has 0 bridgehead atoms. The number of hydrogen-bond acceptors (Lipinski definition) is 8. The number of rotatable bonds is 11. The first-order valence-corrected chi connectivity index (χ1v) is 17.2. The lowest BCUT2D eigenvalue weighted by atomic mass is 9.84. The maximum Gasteiger partial charge on any atom is 0.343 e. The van der Waals surface area contributed by atoms with Crippen LogP contribution in [0.5, 0.6) is 0 Å². The zero-order valence-electron chi connectivity index (χ0n) is 29.9. The van der Waals surface area contributed by atoms with Gasteiger partial charge in [-0.25, -0.2) is 9.59 Å². The maximum absolute atomic E-state index is 13.3. The third kappa shape index (κ3) is 9.03. The quantitative estimate of drug-likeness (QED) is 0.108. The van der Waals surface area contributed by atoms with Gasteiger partial charge in [0.05, 0.1) is 0 Å². The number of esters is 2. The van der Waals surface area contributed by atoms with E-state index < -0.39 is 24.0 Å². The Morgan fingerprint density at radius 2 is 0.917 bits per heavy atom. The van der Waals surface area contributed by atoms with Gasteiger partial charge in [0.2, 0.25) is 0 Å². The number of aliphatic hydroxyl groups excluding tert-OH is 2. The summed E-state index contributed by atoms with van der Waals surface area (Å²) < 4.78 is 11.5. The van der Waals surface area contributed by atoms with Gasteiger partial charge in [-0.3, -0.25) is 9.98 Å². The van der Waals surface area contributed by atoms with Crippen LogP contribution in [-0.4, -0.2) is 46.8 Å². The molecule has 2 N–H and O–H groups in total. The second kappa shape index (κ2) is 16.3. The van der Waals surface area contributed by atoms with E-state index in [1.807, 2.05) is 41.5 Å². The first-order chi connectivity index (χ1) is 22.8. The van der Waals surface area contributed by atoms with E-state index in [0.29, 0.717) is 0 Å². The average Bonchev–Trinajstić information content (AvgIpc) is 3.69. The third-order valence-corrected chi connectivity index (χ3v) is 9.47. The molecule has 0 spiro atoms. The Balaban J connectivity index is 1.89. The van der Waals surface area contributed by atoms with Gasteiger partial charge in [-0.1, -0.05) is 35.4 Å². The highest BCUT2D eigenvalue weighted by molar-refractivity contribution is 6.10. The number of aliphatic imine (C=N–C) groups is 2. The molecule has 2 saturated carbocycles. The van der Waals surface area contributed by atoms with E-state index in [2.05, 4.69) is 24.3 Å². The molecule has 0 radical (unpaired) electrons. The Morgan fingerprint density at radius 3 is 1.19 bits per heavy atom. The van der Waals surface area contributed by atoms with E-state index >= 15 is 0 Å². The second-order valence-electron chi connectivity index (χ2n) is 13.7. The molecule has 0 saturated heterocycles. The van der Waals surface area contributed by atoms with Gasteiger partial charge in [-0.05, 0) is 140 Å². The zero-order valence-corrected chi connectivity index (χ0v) is 29.9. The number of hydrogen-bond donors (Lipinski definition) is 2. The molecule has 2 fully saturated rings. The summed E-state index contributed by atoms with van der Waals surface area (Å²) in [5.41, 5.74) is 7.97. The largest absolute Gasteiger partial charge is 0.512 e. The van der Waals surface area contributed by atoms with Gasteiger partial charge < -0.3 is 19.7 Å². The highest BCUT2D eigenvalue weighted by Gasteiger charge is 2.31. The van der Waals surface area contributed by atoms with E-state index in [1.165, 1.54) is 26.3 Å². The summed E-state index contributed by atoms with van der Waals surface area (Å²) in [4.78, 5) is 36.7. The molecule has 2 aromatic carbocycles. The average molecular weight is 657 g/mol. The summed E-state index contributed by atoms with van der Waals surface area (Å²) in [6, 6.07) is 7.00. The fourth-order valence-electron chi connectivity index (χ4n) is 7.28. The SMILES string of the molecule is C/C(O)=C(/C=N[C@@H](c1c(C)cc(C)cc1C)[C@@H](N=C/C(C(=O)OC1CCCC1)=C(/C)O)c1c(C)cc(C)cc1C)C(=O)OC1CCCC1. The molecule has 2 aromatic rings. The van der Waals surface area contributed by atoms with Crippen LogP contribution in [0.3, 0.4) is 0 Å². The molecular formula is C40H52N2O6. The fraction of sp³-hybridized carbons (Fsp3) is 0.500. The standard InChI is InChI=1S/C40H52N2O6/c1-23-17-25(3)35(26(4)18-23)37(41-21-33(29(7)43)39(45)47-31-13-9-10-14-31)38(36-27(5)19-24(2)20-28(36)6)42-22-34(30(8)44)40(46)48-32-15-11-12-16-32/h17-22,31-32,37-38,43-44H,9-16H2,1-8H3/b33-29+,34-30+,41-21?,42-22?/t37-,38-/m0/s1. The van der Waals surface area contributed by atoms with Crippen LogP contribution in [0.4, 0.5) is 0 Å². The second-order valence-corrected chi connectivity index (χ2v) is 13.7. The summed E-state index contributed by atoms with van der Waals surface area (Å²) in [5, 5.41) is 21.3. The van der Waals surface area contributed by atoms with Crippen LogP contribution in [0.15, 0.2) is 56.9 Å². The van der Waals surface area contributed by atoms with Crippen molar-refractivity contribution in [3.05, 3.63) is 91.4 Å². The number of carbonyl (C=O) groups excluding carboxylic acids is 2. The smallest absolute Gasteiger partial charge is 0.343 e. The van der Waals surface area contributed by atoms with Crippen molar-refractivity contribution >= 4 is 24.4 Å². The minimum Gasteiger partial charge on any atom is -0.512 e. The number of aryl methyl sites for hydroxylation is 6. The molecule has 2 atom stereocenters. The van der Waals surface area contributed by atoms with Crippen molar-refractivity contribution in [2.24, 2.45) is 9.98 Å². The molecule has 0 unspecified atom stereocenters. The molecule has 48 heavy (non-hydrogen) atoms. The van der Waals surface area contributed by atoms with Gasteiger partial charge in [0.25, 0.3) is 0 Å². The van der Waals surface area contributed by atoms with Crippen LogP contribution in [0.2, 0.25) is 0 Å². The van der Waals surface area contributed by atoms with Crippen molar-refractivity contribution in [3.63, 3.8) is 0 Å². The molecule has 2 aliphatic carbocycles. The van der Waals surface area contributed by atoms with Gasteiger partial charge in [-0.15, -0.1) is 0 Å². The molecule has 258 valence electrons. The van der Waals surface area contributed by atoms with Crippen LogP contribution < -0.4 is 0 Å². The van der Waals surface area contributed by atoms with E-state index in [9.17, 15) is 19.8 Å². The van der Waals surface area contributed by atoms with Crippen LogP contribution in [0.1, 0.15) is 122 Å². The van der Waals surface area contributed by atoms with Gasteiger partial charge in [0.1, 0.15) is 47.0 Å². The minimum atomic E-state index is -0.679. The molecule has 0 aromatic heterocycles. The van der Waals surface area contributed by atoms with Crippen molar-refractivity contribution < 1.29 is 29.3 Å². The lowest BCUT2D eigenvalue weighted by Gasteiger charge is -2.28. The van der Waals surface area contributed by atoms with E-state index in [-0.39, 0.29) is 34.9 Å². The molecule has 0 amide bonds. The first-order valence-electron chi connectivity index (χ1n) is 17.2. The minimum absolute atomic E-state index is 0.0127. The summed E-state index contributed by atoms with van der Waals surface area (Å²) >= 11 is 0. The molecular weight excluding hydrogens is 604 g/mol. The predicted octanol–water partition coefficient (Wildman–Crippen LogP) is 9.10. The van der Waals surface area contributed by atoms with E-state index in [4.69, 9.17) is 19.5 Å². The Labute approximate surface area is 285 Å². The predicted molar refractivity (Wildman–Crippen MR) is 191 cm³/mol. The number of benzene rings is 2. The highest BCUT2D eigenvalue weighted by atomic mass is 16.5. The topological polar surface area (TPSA) is 118 Å². The molecule has 8 heteroatoms. The van der Waals surface area contributed by atoms with E-state index in [0.717, 1.165) is 95.9 Å². The van der Waals surface area contributed by atoms with Crippen LogP contribution >= 0.6 is 0 Å². The molecule has 4 rings (SSSR count). The maximum atomic E-state index is 13.3. The van der Waals surface area contributed by atoms with Gasteiger partial charge >= 0.3 is 11.9 Å². The van der Waals surface area contributed by atoms with Crippen molar-refractivity contribution in [1.29, 1.82) is 0 Å². The summed E-state index contributed by atoms with van der Waals surface area (Å²) in [6.07, 6.45) is 9.68. The van der Waals surface area contributed by atoms with Crippen LogP contribution in [-0.2, 0) is 19.1 Å². The van der Waals surface area contributed by atoms with Crippen molar-refractivity contribution in [1.82, 2.24) is 0 Å². The highest BCUT2D eigenvalue weighted by Crippen LogP contribution is 2.42. The van der Waals surface area contributed by atoms with Gasteiger partial charge in [0.15, 0.2) is 0 Å². The number of ether oxygens (including phenoxy) is 2. The van der Waals surface area contributed by atoms with Crippen molar-refractivity contribution in [2.75, 3.05) is 0 Å². The molecule has 0 heterocycles. The molecule has 2 aliphatic rings. The lowest BCUT2D eigenvalue weighted by molar-refractivity contribution is -0.144. The zero-order chi connectivity index (χ0) is 35.1. The Morgan fingerprint density at radius 1 is 0.625 bits per heavy atom. The lowest BCUT2D eigenvalue weighted by Crippen LogP contribution is -2.20. The Hall–Kier alpha value is -4.20. The number of nitrogens with zero attached hydrogens (tertiary/aromatic N) is 2. The monoisotopic (exact) mass is 656 g/mol. The fourth-order valence-corrected chi connectivity index (χ4v) is 7.28. The van der Waals surface area contributed by atoms with Crippen LogP contribution in [0.25, 0.3) is 0 Å². The van der Waals surface area contributed by atoms with Gasteiger partial charge in [-0.2, -0.15) is 0 Å².